The van der Waals surface area contributed by atoms with E-state index in [4.69, 9.17) is 4.74 Å². The Morgan fingerprint density at radius 2 is 2.33 bits per heavy atom. The molecule has 1 aliphatic rings. The van der Waals surface area contributed by atoms with Crippen molar-refractivity contribution < 1.29 is 4.74 Å². The molecule has 0 atom stereocenters. The molecule has 1 N–H and O–H groups in total. The van der Waals surface area contributed by atoms with Crippen molar-refractivity contribution in [1.82, 2.24) is 14.5 Å². The van der Waals surface area contributed by atoms with Crippen molar-refractivity contribution in [3.63, 3.8) is 0 Å². The molecule has 96 valence electrons. The summed E-state index contributed by atoms with van der Waals surface area (Å²) < 4.78 is 7.41. The summed E-state index contributed by atoms with van der Waals surface area (Å²) in [5.74, 6) is 0.921. The highest BCUT2D eigenvalue weighted by atomic mass is 16.5. The fourth-order valence-electron chi connectivity index (χ4n) is 2.58. The molecule has 0 spiro atoms. The third kappa shape index (κ3) is 1.95. The van der Waals surface area contributed by atoms with Crippen molar-refractivity contribution in [2.75, 3.05) is 25.6 Å². The molecule has 0 aromatic carbocycles. The molecule has 18 heavy (non-hydrogen) atoms. The number of hydrogen-bond acceptors (Lipinski definition) is 4. The molecule has 0 saturated heterocycles. The molecule has 0 aliphatic carbocycles. The van der Waals surface area contributed by atoms with Crippen LogP contribution in [0.25, 0.3) is 11.0 Å². The lowest BCUT2D eigenvalue weighted by Gasteiger charge is -2.16. The Morgan fingerprint density at radius 1 is 1.39 bits per heavy atom. The van der Waals surface area contributed by atoms with Gasteiger partial charge in [0.15, 0.2) is 5.82 Å². The maximum Gasteiger partial charge on any atom is 0.154 e. The molecular weight excluding hydrogens is 228 g/mol. The van der Waals surface area contributed by atoms with Gasteiger partial charge in [0.05, 0.1) is 12.1 Å². The molecule has 1 aliphatic heterocycles. The highest BCUT2D eigenvalue weighted by molar-refractivity contribution is 5.87. The molecular formula is C13H18N4O. The predicted molar refractivity (Wildman–Crippen MR) is 70.8 cm³/mol. The molecule has 0 fully saturated rings. The molecule has 0 unspecified atom stereocenters. The van der Waals surface area contributed by atoms with Crippen LogP contribution in [-0.4, -0.2) is 34.8 Å². The zero-order chi connectivity index (χ0) is 12.4. The van der Waals surface area contributed by atoms with E-state index in [0.717, 1.165) is 36.4 Å². The maximum atomic E-state index is 5.06. The first-order valence-electron chi connectivity index (χ1n) is 6.46. The van der Waals surface area contributed by atoms with E-state index in [0.29, 0.717) is 6.61 Å². The Labute approximate surface area is 106 Å². The number of hydrogen-bond donors (Lipinski definition) is 1. The minimum atomic E-state index is 0.680. The smallest absolute Gasteiger partial charge is 0.154 e. The van der Waals surface area contributed by atoms with Crippen LogP contribution < -0.4 is 5.32 Å². The molecule has 0 amide bonds. The number of ether oxygens (including phenoxy) is 1. The minimum Gasteiger partial charge on any atom is -0.383 e. The average Bonchev–Trinajstić information content (AvgIpc) is 2.78. The van der Waals surface area contributed by atoms with Crippen molar-refractivity contribution in [3.05, 3.63) is 18.1 Å². The summed E-state index contributed by atoms with van der Waals surface area (Å²) in [4.78, 5) is 8.73. The van der Waals surface area contributed by atoms with E-state index >= 15 is 0 Å². The van der Waals surface area contributed by atoms with E-state index in [1.165, 1.54) is 18.5 Å². The van der Waals surface area contributed by atoms with Gasteiger partial charge in [-0.05, 0) is 25.3 Å². The highest BCUT2D eigenvalue weighted by Crippen LogP contribution is 2.27. The Kier molecular flexibility index (Phi) is 3.15. The second-order valence-corrected chi connectivity index (χ2v) is 4.62. The first kappa shape index (κ1) is 11.5. The summed E-state index contributed by atoms with van der Waals surface area (Å²) in [5.41, 5.74) is 3.57. The molecule has 2 aromatic heterocycles. The Bertz CT molecular complexity index is 549. The Hall–Kier alpha value is -1.62. The number of fused-ring (bicyclic) bond motifs is 3. The fraction of sp³-hybridized carbons (Fsp3) is 0.538. The van der Waals surface area contributed by atoms with Crippen LogP contribution >= 0.6 is 0 Å². The second-order valence-electron chi connectivity index (χ2n) is 4.62. The third-order valence-electron chi connectivity index (χ3n) is 3.43. The van der Waals surface area contributed by atoms with Gasteiger partial charge in [0.25, 0.3) is 0 Å². The minimum absolute atomic E-state index is 0.680. The molecule has 0 radical (unpaired) electrons. The van der Waals surface area contributed by atoms with Crippen molar-refractivity contribution in [2.24, 2.45) is 0 Å². The monoisotopic (exact) mass is 246 g/mol. The van der Waals surface area contributed by atoms with Gasteiger partial charge in [-0.2, -0.15) is 0 Å². The number of nitrogens with zero attached hydrogens (tertiary/aromatic N) is 3. The number of methoxy groups -OCH3 is 1. The van der Waals surface area contributed by atoms with Gasteiger partial charge in [-0.1, -0.05) is 0 Å². The van der Waals surface area contributed by atoms with Crippen LogP contribution in [0.4, 0.5) is 5.82 Å². The van der Waals surface area contributed by atoms with Crippen molar-refractivity contribution in [1.29, 1.82) is 0 Å². The molecule has 3 rings (SSSR count). The lowest BCUT2D eigenvalue weighted by Crippen LogP contribution is -2.13. The lowest BCUT2D eigenvalue weighted by molar-refractivity contribution is 0.210. The summed E-state index contributed by atoms with van der Waals surface area (Å²) in [7, 11) is 1.70. The Balaban J connectivity index is 2.00. The number of aryl methyl sites for hydroxylation is 2. The summed E-state index contributed by atoms with van der Waals surface area (Å²) in [5, 5.41) is 3.33. The van der Waals surface area contributed by atoms with Crippen LogP contribution in [0.5, 0.6) is 0 Å². The van der Waals surface area contributed by atoms with E-state index < -0.39 is 0 Å². The van der Waals surface area contributed by atoms with Gasteiger partial charge in [-0.25, -0.2) is 9.97 Å². The second kappa shape index (κ2) is 4.94. The number of rotatable bonds is 4. The summed E-state index contributed by atoms with van der Waals surface area (Å²) in [6, 6.07) is 2.19. The van der Waals surface area contributed by atoms with Gasteiger partial charge < -0.3 is 14.6 Å². The van der Waals surface area contributed by atoms with Gasteiger partial charge in [0.2, 0.25) is 0 Å². The number of aromatic nitrogens is 3. The van der Waals surface area contributed by atoms with Gasteiger partial charge in [-0.15, -0.1) is 0 Å². The zero-order valence-electron chi connectivity index (χ0n) is 10.6. The summed E-state index contributed by atoms with van der Waals surface area (Å²) in [6.07, 6.45) is 5.29. The van der Waals surface area contributed by atoms with Crippen molar-refractivity contribution in [3.8, 4) is 0 Å². The first-order valence-corrected chi connectivity index (χ1v) is 6.46. The van der Waals surface area contributed by atoms with Crippen LogP contribution in [0.1, 0.15) is 18.5 Å². The molecule has 5 nitrogen and oxygen atoms in total. The van der Waals surface area contributed by atoms with E-state index in [2.05, 4.69) is 25.9 Å². The van der Waals surface area contributed by atoms with Crippen LogP contribution in [0.3, 0.4) is 0 Å². The molecule has 0 bridgehead atoms. The Morgan fingerprint density at radius 3 is 3.22 bits per heavy atom. The highest BCUT2D eigenvalue weighted by Gasteiger charge is 2.16. The van der Waals surface area contributed by atoms with Gasteiger partial charge in [0, 0.05) is 25.9 Å². The van der Waals surface area contributed by atoms with E-state index in [9.17, 15) is 0 Å². The van der Waals surface area contributed by atoms with Gasteiger partial charge in [0.1, 0.15) is 11.8 Å². The molecule has 2 aromatic rings. The van der Waals surface area contributed by atoms with Crippen LogP contribution in [-0.2, 0) is 17.7 Å². The third-order valence-corrected chi connectivity index (χ3v) is 3.43. The van der Waals surface area contributed by atoms with Crippen LogP contribution in [0.15, 0.2) is 12.4 Å². The lowest BCUT2D eigenvalue weighted by atomic mass is 10.1. The topological polar surface area (TPSA) is 52.0 Å². The quantitative estimate of drug-likeness (QED) is 0.836. The largest absolute Gasteiger partial charge is 0.383 e. The van der Waals surface area contributed by atoms with E-state index in [-0.39, 0.29) is 0 Å². The SMILES string of the molecule is COCCNc1ncnc2cc3n(c12)CCCC3. The van der Waals surface area contributed by atoms with E-state index in [1.54, 1.807) is 13.4 Å². The fourth-order valence-corrected chi connectivity index (χ4v) is 2.58. The van der Waals surface area contributed by atoms with Crippen LogP contribution in [0.2, 0.25) is 0 Å². The summed E-state index contributed by atoms with van der Waals surface area (Å²) >= 11 is 0. The maximum absolute atomic E-state index is 5.06. The van der Waals surface area contributed by atoms with Gasteiger partial charge in [-0.3, -0.25) is 0 Å². The number of nitrogens with one attached hydrogen (secondary N) is 1. The summed E-state index contributed by atoms with van der Waals surface area (Å²) in [6.45, 7) is 2.52. The zero-order valence-corrected chi connectivity index (χ0v) is 10.6. The normalized spacial score (nSPS) is 14.7. The van der Waals surface area contributed by atoms with Gasteiger partial charge >= 0.3 is 0 Å². The first-order chi connectivity index (χ1) is 8.90. The molecule has 3 heterocycles. The molecule has 5 heteroatoms. The van der Waals surface area contributed by atoms with E-state index in [1.807, 2.05) is 0 Å². The standard InChI is InChI=1S/C13H18N4O/c1-18-7-5-14-13-12-11(15-9-16-13)8-10-4-2-3-6-17(10)12/h8-9H,2-7H2,1H3,(H,14,15,16). The average molecular weight is 246 g/mol. The molecule has 0 saturated carbocycles. The van der Waals surface area contributed by atoms with Crippen molar-refractivity contribution in [2.45, 2.75) is 25.8 Å². The predicted octanol–water partition coefficient (Wildman–Crippen LogP) is 1.83. The van der Waals surface area contributed by atoms with Crippen LogP contribution in [0, 0.1) is 0 Å². The number of anilines is 1. The van der Waals surface area contributed by atoms with Crippen molar-refractivity contribution >= 4 is 16.9 Å².